The number of rotatable bonds is 3. The van der Waals surface area contributed by atoms with E-state index >= 15 is 0 Å². The molecule has 98 valence electrons. The maximum Gasteiger partial charge on any atom is 0.236 e. The molecule has 2 fully saturated rings. The SMILES string of the molecule is NCC1CCN(CC(=O)N2CCOCC2)CC1. The van der Waals surface area contributed by atoms with Gasteiger partial charge >= 0.3 is 0 Å². The monoisotopic (exact) mass is 241 g/mol. The molecule has 0 saturated carbocycles. The maximum atomic E-state index is 12.0. The normalized spacial score (nSPS) is 23.9. The number of likely N-dealkylation sites (tertiary alicyclic amines) is 1. The van der Waals surface area contributed by atoms with Crippen LogP contribution in [-0.2, 0) is 9.53 Å². The first-order valence-electron chi connectivity index (χ1n) is 6.57. The zero-order valence-corrected chi connectivity index (χ0v) is 10.4. The van der Waals surface area contributed by atoms with E-state index in [0.717, 1.165) is 45.6 Å². The summed E-state index contributed by atoms with van der Waals surface area (Å²) in [4.78, 5) is 16.2. The minimum absolute atomic E-state index is 0.250. The molecule has 1 amide bonds. The molecular weight excluding hydrogens is 218 g/mol. The van der Waals surface area contributed by atoms with Crippen LogP contribution in [0.2, 0.25) is 0 Å². The fourth-order valence-corrected chi connectivity index (χ4v) is 2.48. The molecular formula is C12H23N3O2. The van der Waals surface area contributed by atoms with Crippen LogP contribution in [0.3, 0.4) is 0 Å². The molecule has 0 spiro atoms. The highest BCUT2D eigenvalue weighted by Crippen LogP contribution is 2.15. The Morgan fingerprint density at radius 3 is 2.41 bits per heavy atom. The third-order valence-electron chi connectivity index (χ3n) is 3.76. The minimum Gasteiger partial charge on any atom is -0.378 e. The van der Waals surface area contributed by atoms with E-state index in [4.69, 9.17) is 10.5 Å². The highest BCUT2D eigenvalue weighted by molar-refractivity contribution is 5.78. The fourth-order valence-electron chi connectivity index (χ4n) is 2.48. The second-order valence-corrected chi connectivity index (χ2v) is 4.95. The number of amides is 1. The van der Waals surface area contributed by atoms with Gasteiger partial charge in [0.25, 0.3) is 0 Å². The van der Waals surface area contributed by atoms with Crippen molar-refractivity contribution in [3.63, 3.8) is 0 Å². The van der Waals surface area contributed by atoms with Gasteiger partial charge in [-0.25, -0.2) is 0 Å². The molecule has 2 rings (SSSR count). The van der Waals surface area contributed by atoms with Crippen molar-refractivity contribution in [3.05, 3.63) is 0 Å². The Balaban J connectivity index is 1.71. The van der Waals surface area contributed by atoms with Crippen LogP contribution >= 0.6 is 0 Å². The Hall–Kier alpha value is -0.650. The van der Waals surface area contributed by atoms with Gasteiger partial charge in [0, 0.05) is 13.1 Å². The van der Waals surface area contributed by atoms with E-state index in [1.807, 2.05) is 4.90 Å². The molecule has 5 heteroatoms. The van der Waals surface area contributed by atoms with Crippen LogP contribution in [-0.4, -0.2) is 68.2 Å². The number of ether oxygens (including phenoxy) is 1. The first kappa shape index (κ1) is 12.8. The van der Waals surface area contributed by atoms with Gasteiger partial charge in [-0.1, -0.05) is 0 Å². The van der Waals surface area contributed by atoms with E-state index in [0.29, 0.717) is 25.7 Å². The van der Waals surface area contributed by atoms with E-state index in [9.17, 15) is 4.79 Å². The third-order valence-corrected chi connectivity index (χ3v) is 3.76. The summed E-state index contributed by atoms with van der Waals surface area (Å²) < 4.78 is 5.25. The Labute approximate surface area is 103 Å². The van der Waals surface area contributed by atoms with Gasteiger partial charge in [0.2, 0.25) is 5.91 Å². The molecule has 0 unspecified atom stereocenters. The molecule has 0 bridgehead atoms. The number of morpholine rings is 1. The maximum absolute atomic E-state index is 12.0. The van der Waals surface area contributed by atoms with Gasteiger partial charge in [0.05, 0.1) is 19.8 Å². The average Bonchev–Trinajstić information content (AvgIpc) is 2.40. The fraction of sp³-hybridized carbons (Fsp3) is 0.917. The Morgan fingerprint density at radius 1 is 1.18 bits per heavy atom. The van der Waals surface area contributed by atoms with Crippen molar-refractivity contribution < 1.29 is 9.53 Å². The highest BCUT2D eigenvalue weighted by Gasteiger charge is 2.23. The quantitative estimate of drug-likeness (QED) is 0.725. The number of carbonyl (C=O) groups is 1. The van der Waals surface area contributed by atoms with Crippen LogP contribution in [0.4, 0.5) is 0 Å². The molecule has 2 N–H and O–H groups in total. The zero-order chi connectivity index (χ0) is 12.1. The number of carbonyl (C=O) groups excluding carboxylic acids is 1. The molecule has 5 nitrogen and oxygen atoms in total. The Bertz CT molecular complexity index is 246. The topological polar surface area (TPSA) is 58.8 Å². The largest absolute Gasteiger partial charge is 0.378 e. The molecule has 0 atom stereocenters. The van der Waals surface area contributed by atoms with Crippen molar-refractivity contribution in [1.82, 2.24) is 9.80 Å². The van der Waals surface area contributed by atoms with Crippen LogP contribution in [0.15, 0.2) is 0 Å². The molecule has 2 aliphatic rings. The van der Waals surface area contributed by atoms with Crippen molar-refractivity contribution >= 4 is 5.91 Å². The van der Waals surface area contributed by atoms with Crippen LogP contribution in [0, 0.1) is 5.92 Å². The molecule has 2 heterocycles. The van der Waals surface area contributed by atoms with Gasteiger partial charge in [-0.2, -0.15) is 0 Å². The third kappa shape index (κ3) is 3.66. The molecule has 0 radical (unpaired) electrons. The molecule has 0 aromatic carbocycles. The van der Waals surface area contributed by atoms with Crippen molar-refractivity contribution in [1.29, 1.82) is 0 Å². The first-order valence-corrected chi connectivity index (χ1v) is 6.57. The van der Waals surface area contributed by atoms with Crippen LogP contribution in [0.5, 0.6) is 0 Å². The summed E-state index contributed by atoms with van der Waals surface area (Å²) in [7, 11) is 0. The molecule has 0 aromatic rings. The lowest BCUT2D eigenvalue weighted by atomic mass is 9.97. The average molecular weight is 241 g/mol. The highest BCUT2D eigenvalue weighted by atomic mass is 16.5. The smallest absolute Gasteiger partial charge is 0.236 e. The second-order valence-electron chi connectivity index (χ2n) is 4.95. The standard InChI is InChI=1S/C12H23N3O2/c13-9-11-1-3-14(4-2-11)10-12(16)15-5-7-17-8-6-15/h11H,1-10,13H2. The first-order chi connectivity index (χ1) is 8.29. The van der Waals surface area contributed by atoms with Gasteiger partial charge in [0.15, 0.2) is 0 Å². The minimum atomic E-state index is 0.250. The summed E-state index contributed by atoms with van der Waals surface area (Å²) >= 11 is 0. The zero-order valence-electron chi connectivity index (χ0n) is 10.4. The lowest BCUT2D eigenvalue weighted by molar-refractivity contribution is -0.136. The van der Waals surface area contributed by atoms with Gasteiger partial charge < -0.3 is 15.4 Å². The van der Waals surface area contributed by atoms with Crippen LogP contribution in [0.25, 0.3) is 0 Å². The lowest BCUT2D eigenvalue weighted by Crippen LogP contribution is -2.47. The molecule has 2 aliphatic heterocycles. The van der Waals surface area contributed by atoms with E-state index in [1.54, 1.807) is 0 Å². The second kappa shape index (κ2) is 6.33. The van der Waals surface area contributed by atoms with E-state index < -0.39 is 0 Å². The van der Waals surface area contributed by atoms with Gasteiger partial charge in [-0.15, -0.1) is 0 Å². The molecule has 2 saturated heterocycles. The van der Waals surface area contributed by atoms with E-state index in [-0.39, 0.29) is 5.91 Å². The van der Waals surface area contributed by atoms with Crippen molar-refractivity contribution in [2.45, 2.75) is 12.8 Å². The molecule has 17 heavy (non-hydrogen) atoms. The van der Waals surface area contributed by atoms with E-state index in [2.05, 4.69) is 4.90 Å². The predicted molar refractivity (Wildman–Crippen MR) is 65.6 cm³/mol. The van der Waals surface area contributed by atoms with Crippen LogP contribution < -0.4 is 5.73 Å². The summed E-state index contributed by atoms with van der Waals surface area (Å²) in [6.07, 6.45) is 2.26. The van der Waals surface area contributed by atoms with Crippen molar-refractivity contribution in [3.8, 4) is 0 Å². The molecule has 0 aromatic heterocycles. The van der Waals surface area contributed by atoms with Gasteiger partial charge in [0.1, 0.15) is 0 Å². The Kier molecular flexibility index (Phi) is 4.76. The van der Waals surface area contributed by atoms with Crippen LogP contribution in [0.1, 0.15) is 12.8 Å². The van der Waals surface area contributed by atoms with Crippen molar-refractivity contribution in [2.75, 3.05) is 52.5 Å². The summed E-state index contributed by atoms with van der Waals surface area (Å²) in [5, 5.41) is 0. The number of hydrogen-bond donors (Lipinski definition) is 1. The van der Waals surface area contributed by atoms with Gasteiger partial charge in [-0.3, -0.25) is 9.69 Å². The lowest BCUT2D eigenvalue weighted by Gasteiger charge is -2.33. The molecule has 0 aliphatic carbocycles. The summed E-state index contributed by atoms with van der Waals surface area (Å²) in [5.41, 5.74) is 5.66. The predicted octanol–water partition coefficient (Wildman–Crippen LogP) is -0.484. The van der Waals surface area contributed by atoms with Crippen molar-refractivity contribution in [2.24, 2.45) is 11.7 Å². The number of piperidine rings is 1. The Morgan fingerprint density at radius 2 is 1.82 bits per heavy atom. The summed E-state index contributed by atoms with van der Waals surface area (Å²) in [6.45, 7) is 6.23. The van der Waals surface area contributed by atoms with Gasteiger partial charge in [-0.05, 0) is 38.4 Å². The summed E-state index contributed by atoms with van der Waals surface area (Å²) in [6, 6.07) is 0. The number of hydrogen-bond acceptors (Lipinski definition) is 4. The number of nitrogens with zero attached hydrogens (tertiary/aromatic N) is 2. The summed E-state index contributed by atoms with van der Waals surface area (Å²) in [5.74, 6) is 0.907. The number of nitrogens with two attached hydrogens (primary N) is 1. The van der Waals surface area contributed by atoms with E-state index in [1.165, 1.54) is 0 Å².